The maximum atomic E-state index is 14.2. The SMILES string of the molecule is CCOC(=O)C(NC(=O)c1ccccc1OCC)(Nc1cc(C)ccn1)C(F)(F)F. The summed E-state index contributed by atoms with van der Waals surface area (Å²) in [6.45, 7) is 4.53. The largest absolute Gasteiger partial charge is 0.493 e. The van der Waals surface area contributed by atoms with E-state index < -0.39 is 23.7 Å². The number of carbonyl (C=O) groups is 2. The Labute approximate surface area is 171 Å². The van der Waals surface area contributed by atoms with Crippen LogP contribution in [0.25, 0.3) is 0 Å². The van der Waals surface area contributed by atoms with E-state index in [-0.39, 0.29) is 30.3 Å². The summed E-state index contributed by atoms with van der Waals surface area (Å²) in [5.41, 5.74) is -3.14. The van der Waals surface area contributed by atoms with Crippen molar-refractivity contribution < 1.29 is 32.2 Å². The van der Waals surface area contributed by atoms with E-state index in [4.69, 9.17) is 4.74 Å². The Bertz CT molecular complexity index is 905. The number of pyridine rings is 1. The van der Waals surface area contributed by atoms with Gasteiger partial charge >= 0.3 is 17.8 Å². The lowest BCUT2D eigenvalue weighted by atomic mass is 10.1. The fraction of sp³-hybridized carbons (Fsp3) is 0.350. The van der Waals surface area contributed by atoms with E-state index in [1.165, 1.54) is 37.4 Å². The fourth-order valence-corrected chi connectivity index (χ4v) is 2.60. The highest BCUT2D eigenvalue weighted by Gasteiger charge is 2.64. The summed E-state index contributed by atoms with van der Waals surface area (Å²) in [7, 11) is 0. The van der Waals surface area contributed by atoms with Crippen LogP contribution in [0.15, 0.2) is 42.6 Å². The number of benzene rings is 1. The molecule has 0 aliphatic rings. The molecule has 0 saturated carbocycles. The average molecular weight is 425 g/mol. The van der Waals surface area contributed by atoms with Crippen molar-refractivity contribution in [1.29, 1.82) is 0 Å². The molecule has 1 atom stereocenters. The molecule has 30 heavy (non-hydrogen) atoms. The summed E-state index contributed by atoms with van der Waals surface area (Å²) in [4.78, 5) is 29.1. The van der Waals surface area contributed by atoms with Crippen molar-refractivity contribution in [2.75, 3.05) is 18.5 Å². The Balaban J connectivity index is 2.54. The second kappa shape index (κ2) is 9.47. The number of carbonyl (C=O) groups excluding carboxylic acids is 2. The highest BCUT2D eigenvalue weighted by Crippen LogP contribution is 2.33. The summed E-state index contributed by atoms with van der Waals surface area (Å²) in [5, 5.41) is 3.80. The Hall–Kier alpha value is -3.30. The van der Waals surface area contributed by atoms with Crippen LogP contribution in [0.3, 0.4) is 0 Å². The second-order valence-electron chi connectivity index (χ2n) is 6.19. The predicted molar refractivity (Wildman–Crippen MR) is 103 cm³/mol. The van der Waals surface area contributed by atoms with E-state index in [0.29, 0.717) is 5.56 Å². The minimum atomic E-state index is -5.26. The third kappa shape index (κ3) is 5.00. The molecule has 1 aromatic heterocycles. The maximum Gasteiger partial charge on any atom is 0.441 e. The third-order valence-electron chi connectivity index (χ3n) is 3.97. The van der Waals surface area contributed by atoms with E-state index in [0.717, 1.165) is 0 Å². The van der Waals surface area contributed by atoms with Crippen molar-refractivity contribution in [2.24, 2.45) is 0 Å². The number of rotatable bonds is 8. The topological polar surface area (TPSA) is 89.5 Å². The van der Waals surface area contributed by atoms with Crippen molar-refractivity contribution in [2.45, 2.75) is 32.6 Å². The van der Waals surface area contributed by atoms with E-state index in [2.05, 4.69) is 9.72 Å². The van der Waals surface area contributed by atoms with Gasteiger partial charge in [0.2, 0.25) is 0 Å². The van der Waals surface area contributed by atoms with Crippen LogP contribution >= 0.6 is 0 Å². The highest BCUT2D eigenvalue weighted by atomic mass is 19.4. The molecule has 0 spiro atoms. The lowest BCUT2D eigenvalue weighted by Gasteiger charge is -2.35. The molecule has 1 aromatic carbocycles. The lowest BCUT2D eigenvalue weighted by molar-refractivity contribution is -0.204. The number of ether oxygens (including phenoxy) is 2. The molecule has 1 unspecified atom stereocenters. The number of nitrogens with one attached hydrogen (secondary N) is 2. The monoisotopic (exact) mass is 425 g/mol. The number of aryl methyl sites for hydroxylation is 1. The number of halogens is 3. The number of hydrogen-bond acceptors (Lipinski definition) is 6. The Morgan fingerprint density at radius 2 is 1.80 bits per heavy atom. The number of amides is 1. The Kier molecular flexibility index (Phi) is 7.25. The molecule has 0 fully saturated rings. The molecule has 162 valence electrons. The summed E-state index contributed by atoms with van der Waals surface area (Å²) >= 11 is 0. The number of nitrogens with zero attached hydrogens (tertiary/aromatic N) is 1. The number of esters is 1. The third-order valence-corrected chi connectivity index (χ3v) is 3.97. The number of anilines is 1. The van der Waals surface area contributed by atoms with Crippen LogP contribution in [-0.2, 0) is 9.53 Å². The smallest absolute Gasteiger partial charge is 0.441 e. The molecule has 0 aliphatic carbocycles. The Morgan fingerprint density at radius 1 is 1.10 bits per heavy atom. The van der Waals surface area contributed by atoms with Gasteiger partial charge in [-0.2, -0.15) is 13.2 Å². The van der Waals surface area contributed by atoms with E-state index >= 15 is 0 Å². The zero-order valence-corrected chi connectivity index (χ0v) is 16.7. The molecule has 0 radical (unpaired) electrons. The number of aromatic nitrogens is 1. The quantitative estimate of drug-likeness (QED) is 0.498. The molecule has 2 N–H and O–H groups in total. The number of alkyl halides is 3. The molecule has 10 heteroatoms. The molecule has 1 amide bonds. The van der Waals surface area contributed by atoms with Gasteiger partial charge in [0.15, 0.2) is 0 Å². The minimum absolute atomic E-state index is 0.0751. The number of para-hydroxylation sites is 1. The first-order valence-corrected chi connectivity index (χ1v) is 9.13. The summed E-state index contributed by atoms with van der Waals surface area (Å²) in [6.07, 6.45) is -3.99. The zero-order valence-electron chi connectivity index (χ0n) is 16.7. The minimum Gasteiger partial charge on any atom is -0.493 e. The van der Waals surface area contributed by atoms with Crippen LogP contribution in [-0.4, -0.2) is 41.9 Å². The zero-order chi connectivity index (χ0) is 22.4. The first-order valence-electron chi connectivity index (χ1n) is 9.13. The van der Waals surface area contributed by atoms with Gasteiger partial charge in [-0.15, -0.1) is 0 Å². The summed E-state index contributed by atoms with van der Waals surface area (Å²) in [5.74, 6) is -3.09. The van der Waals surface area contributed by atoms with Crippen LogP contribution in [0, 0.1) is 6.92 Å². The second-order valence-corrected chi connectivity index (χ2v) is 6.19. The van der Waals surface area contributed by atoms with Crippen molar-refractivity contribution in [1.82, 2.24) is 10.3 Å². The van der Waals surface area contributed by atoms with Gasteiger partial charge in [-0.25, -0.2) is 9.78 Å². The van der Waals surface area contributed by atoms with Gasteiger partial charge in [0.25, 0.3) is 5.91 Å². The van der Waals surface area contributed by atoms with Gasteiger partial charge in [0.05, 0.1) is 18.8 Å². The van der Waals surface area contributed by atoms with Crippen molar-refractivity contribution in [3.8, 4) is 5.75 Å². The predicted octanol–water partition coefficient (Wildman–Crippen LogP) is 3.45. The fourth-order valence-electron chi connectivity index (χ4n) is 2.60. The first-order chi connectivity index (χ1) is 14.1. The Morgan fingerprint density at radius 3 is 2.40 bits per heavy atom. The van der Waals surface area contributed by atoms with Crippen LogP contribution in [0.4, 0.5) is 19.0 Å². The standard InChI is InChI=1S/C20H22F3N3O4/c1-4-29-15-9-7-6-8-14(15)17(27)26-19(20(21,22)23,18(28)30-5-2)25-16-12-13(3)10-11-24-16/h6-12H,4-5H2,1-3H3,(H,24,25)(H,26,27). The molecule has 0 saturated heterocycles. The van der Waals surface area contributed by atoms with Crippen LogP contribution in [0.5, 0.6) is 5.75 Å². The average Bonchev–Trinajstić information content (AvgIpc) is 2.67. The molecule has 0 aliphatic heterocycles. The van der Waals surface area contributed by atoms with Crippen LogP contribution < -0.4 is 15.4 Å². The van der Waals surface area contributed by atoms with Gasteiger partial charge in [0, 0.05) is 6.20 Å². The molecule has 2 rings (SSSR count). The van der Waals surface area contributed by atoms with Gasteiger partial charge in [-0.05, 0) is 50.6 Å². The normalized spacial score (nSPS) is 13.1. The molecular formula is C20H22F3N3O4. The van der Waals surface area contributed by atoms with Crippen LogP contribution in [0.1, 0.15) is 29.8 Å². The van der Waals surface area contributed by atoms with Gasteiger partial charge in [0.1, 0.15) is 11.6 Å². The highest BCUT2D eigenvalue weighted by molar-refractivity contribution is 6.01. The maximum absolute atomic E-state index is 14.2. The molecule has 2 aromatic rings. The van der Waals surface area contributed by atoms with E-state index in [9.17, 15) is 22.8 Å². The summed E-state index contributed by atoms with van der Waals surface area (Å²) in [6, 6.07) is 8.64. The number of hydrogen-bond donors (Lipinski definition) is 2. The first kappa shape index (κ1) is 23.0. The molecule has 0 bridgehead atoms. The van der Waals surface area contributed by atoms with Gasteiger partial charge < -0.3 is 20.1 Å². The van der Waals surface area contributed by atoms with E-state index in [1.807, 2.05) is 5.32 Å². The van der Waals surface area contributed by atoms with Crippen molar-refractivity contribution in [3.05, 3.63) is 53.7 Å². The van der Waals surface area contributed by atoms with Crippen molar-refractivity contribution >= 4 is 17.7 Å². The van der Waals surface area contributed by atoms with Gasteiger partial charge in [-0.3, -0.25) is 4.79 Å². The lowest BCUT2D eigenvalue weighted by Crippen LogP contribution is -2.69. The van der Waals surface area contributed by atoms with E-state index in [1.54, 1.807) is 31.3 Å². The molecule has 7 nitrogen and oxygen atoms in total. The molecule has 1 heterocycles. The van der Waals surface area contributed by atoms with Crippen LogP contribution in [0.2, 0.25) is 0 Å². The summed E-state index contributed by atoms with van der Waals surface area (Å²) < 4.78 is 52.6. The van der Waals surface area contributed by atoms with Crippen molar-refractivity contribution in [3.63, 3.8) is 0 Å². The molecular weight excluding hydrogens is 403 g/mol. The van der Waals surface area contributed by atoms with Gasteiger partial charge in [-0.1, -0.05) is 12.1 Å².